The van der Waals surface area contributed by atoms with Gasteiger partial charge in [0.2, 0.25) is 0 Å². The number of ether oxygens (including phenoxy) is 1. The average Bonchev–Trinajstić information content (AvgIpc) is 2.65. The van der Waals surface area contributed by atoms with Gasteiger partial charge >= 0.3 is 0 Å². The molecule has 1 aromatic rings. The first-order valence-electron chi connectivity index (χ1n) is 10.0. The maximum atomic E-state index is 12.5. The maximum absolute atomic E-state index is 12.5. The second-order valence-electron chi connectivity index (χ2n) is 8.95. The lowest BCUT2D eigenvalue weighted by atomic mass is 9.48. The Morgan fingerprint density at radius 1 is 1.29 bits per heavy atom. The number of nitrogens with one attached hydrogen (secondary N) is 1. The van der Waals surface area contributed by atoms with Crippen LogP contribution in [0.15, 0.2) is 18.2 Å². The van der Waals surface area contributed by atoms with E-state index in [4.69, 9.17) is 4.74 Å². The number of nitrogens with zero attached hydrogens (tertiary/aromatic N) is 1. The lowest BCUT2D eigenvalue weighted by molar-refractivity contribution is -0.384. The van der Waals surface area contributed by atoms with Gasteiger partial charge in [0.1, 0.15) is 5.75 Å². The van der Waals surface area contributed by atoms with Crippen LogP contribution in [0.1, 0.15) is 55.8 Å². The molecule has 4 saturated carbocycles. The summed E-state index contributed by atoms with van der Waals surface area (Å²) in [6.45, 7) is 1.89. The van der Waals surface area contributed by atoms with Crippen molar-refractivity contribution in [1.29, 1.82) is 0 Å². The van der Waals surface area contributed by atoms with Gasteiger partial charge in [-0.05, 0) is 74.7 Å². The van der Waals surface area contributed by atoms with Crippen LogP contribution in [0.5, 0.6) is 5.75 Å². The number of nitro groups is 1. The fourth-order valence-corrected chi connectivity index (χ4v) is 6.16. The van der Waals surface area contributed by atoms with E-state index in [0.717, 1.165) is 23.8 Å². The number of hydrogen-bond acceptors (Lipinski definition) is 5. The van der Waals surface area contributed by atoms with E-state index >= 15 is 0 Å². The number of nitro benzene ring substituents is 1. The Morgan fingerprint density at radius 2 is 1.89 bits per heavy atom. The van der Waals surface area contributed by atoms with Gasteiger partial charge in [-0.2, -0.15) is 0 Å². The zero-order valence-electron chi connectivity index (χ0n) is 16.1. The summed E-state index contributed by atoms with van der Waals surface area (Å²) in [7, 11) is 0. The van der Waals surface area contributed by atoms with Crippen molar-refractivity contribution < 1.29 is 19.2 Å². The molecule has 0 spiro atoms. The van der Waals surface area contributed by atoms with Crippen LogP contribution in [-0.4, -0.2) is 29.8 Å². The highest BCUT2D eigenvalue weighted by atomic mass is 16.6. The van der Waals surface area contributed by atoms with Gasteiger partial charge in [0.15, 0.2) is 12.9 Å². The third-order valence-corrected chi connectivity index (χ3v) is 7.07. The molecule has 4 aliphatic rings. The Hall–Kier alpha value is -2.44. The summed E-state index contributed by atoms with van der Waals surface area (Å²) >= 11 is 0. The number of benzene rings is 1. The maximum Gasteiger partial charge on any atom is 0.270 e. The summed E-state index contributed by atoms with van der Waals surface area (Å²) in [6, 6.07) is 3.87. The second kappa shape index (κ2) is 7.18. The van der Waals surface area contributed by atoms with E-state index in [9.17, 15) is 19.7 Å². The predicted molar refractivity (Wildman–Crippen MR) is 102 cm³/mol. The number of aldehydes is 1. The molecule has 1 amide bonds. The van der Waals surface area contributed by atoms with Gasteiger partial charge in [-0.1, -0.05) is 0 Å². The minimum absolute atomic E-state index is 0.0659. The van der Waals surface area contributed by atoms with Gasteiger partial charge in [0.05, 0.1) is 10.5 Å². The largest absolute Gasteiger partial charge is 0.483 e. The van der Waals surface area contributed by atoms with E-state index in [1.807, 2.05) is 0 Å². The first-order valence-corrected chi connectivity index (χ1v) is 10.0. The van der Waals surface area contributed by atoms with E-state index < -0.39 is 4.92 Å². The summed E-state index contributed by atoms with van der Waals surface area (Å²) in [6.07, 6.45) is 8.20. The van der Waals surface area contributed by atoms with Gasteiger partial charge in [-0.15, -0.1) is 0 Å². The van der Waals surface area contributed by atoms with Crippen molar-refractivity contribution in [2.24, 2.45) is 23.2 Å². The van der Waals surface area contributed by atoms with E-state index in [2.05, 4.69) is 12.2 Å². The Kier molecular flexibility index (Phi) is 4.85. The van der Waals surface area contributed by atoms with Crippen molar-refractivity contribution >= 4 is 17.9 Å². The molecule has 7 nitrogen and oxygen atoms in total. The van der Waals surface area contributed by atoms with Crippen LogP contribution in [-0.2, 0) is 4.79 Å². The van der Waals surface area contributed by atoms with Crippen molar-refractivity contribution in [1.82, 2.24) is 5.32 Å². The van der Waals surface area contributed by atoms with Crippen LogP contribution >= 0.6 is 0 Å². The summed E-state index contributed by atoms with van der Waals surface area (Å²) in [5, 5.41) is 13.9. The van der Waals surface area contributed by atoms with E-state index in [1.54, 1.807) is 0 Å². The molecule has 28 heavy (non-hydrogen) atoms. The second-order valence-corrected chi connectivity index (χ2v) is 8.95. The normalized spacial score (nSPS) is 31.2. The molecular formula is C21H26N2O5. The molecule has 1 atom stereocenters. The number of carbonyl (C=O) groups is 2. The van der Waals surface area contributed by atoms with Crippen molar-refractivity contribution in [3.8, 4) is 5.75 Å². The minimum Gasteiger partial charge on any atom is -0.483 e. The van der Waals surface area contributed by atoms with Crippen molar-refractivity contribution in [2.75, 3.05) is 6.61 Å². The zero-order valence-corrected chi connectivity index (χ0v) is 16.1. The molecule has 0 radical (unpaired) electrons. The molecule has 4 aliphatic carbocycles. The molecule has 5 rings (SSSR count). The SMILES string of the molecule is C[C@@H](NC(=O)COc1ccc([N+](=O)[O-])cc1C=O)C12CC3CC(CC(C3)C1)C2. The molecular weight excluding hydrogens is 360 g/mol. The highest BCUT2D eigenvalue weighted by Gasteiger charge is 2.53. The summed E-state index contributed by atoms with van der Waals surface area (Å²) in [5.41, 5.74) is 0.0941. The molecule has 1 N–H and O–H groups in total. The monoisotopic (exact) mass is 386 g/mol. The smallest absolute Gasteiger partial charge is 0.270 e. The van der Waals surface area contributed by atoms with Crippen LogP contribution in [0, 0.1) is 33.3 Å². The average molecular weight is 386 g/mol. The van der Waals surface area contributed by atoms with Gasteiger partial charge in [0.25, 0.3) is 11.6 Å². The van der Waals surface area contributed by atoms with E-state index in [-0.39, 0.29) is 41.0 Å². The number of carbonyl (C=O) groups excluding carboxylic acids is 2. The Bertz CT molecular complexity index is 771. The summed E-state index contributed by atoms with van der Waals surface area (Å²) in [4.78, 5) is 33.9. The number of amides is 1. The molecule has 0 unspecified atom stereocenters. The van der Waals surface area contributed by atoms with Crippen molar-refractivity contribution in [2.45, 2.75) is 51.5 Å². The van der Waals surface area contributed by atoms with Crippen LogP contribution in [0.3, 0.4) is 0 Å². The number of rotatable bonds is 7. The Balaban J connectivity index is 1.36. The van der Waals surface area contributed by atoms with Crippen LogP contribution in [0.2, 0.25) is 0 Å². The summed E-state index contributed by atoms with van der Waals surface area (Å²) in [5.74, 6) is 2.41. The lowest BCUT2D eigenvalue weighted by Gasteiger charge is -2.59. The third kappa shape index (κ3) is 3.50. The van der Waals surface area contributed by atoms with Crippen molar-refractivity contribution in [3.05, 3.63) is 33.9 Å². The zero-order chi connectivity index (χ0) is 19.9. The Labute approximate surface area is 164 Å². The molecule has 0 aromatic heterocycles. The highest BCUT2D eigenvalue weighted by Crippen LogP contribution is 2.61. The minimum atomic E-state index is -0.573. The standard InChI is InChI=1S/C21H26N2O5/c1-13(21-8-14-4-15(9-21)6-16(5-14)10-21)22-20(25)12-28-19-3-2-18(23(26)27)7-17(19)11-24/h2-3,7,11,13-16H,4-6,8-10,12H2,1H3,(H,22,25)/t13-,14?,15?,16?,21?/m1/s1. The predicted octanol–water partition coefficient (Wildman–Crippen LogP) is 3.51. The van der Waals surface area contributed by atoms with E-state index in [1.165, 1.54) is 50.7 Å². The van der Waals surface area contributed by atoms with E-state index in [0.29, 0.717) is 6.29 Å². The van der Waals surface area contributed by atoms with Gasteiger partial charge in [0, 0.05) is 18.2 Å². The molecule has 0 saturated heterocycles. The highest BCUT2D eigenvalue weighted by molar-refractivity contribution is 5.82. The van der Waals surface area contributed by atoms with Crippen LogP contribution in [0.4, 0.5) is 5.69 Å². The van der Waals surface area contributed by atoms with Crippen LogP contribution < -0.4 is 10.1 Å². The van der Waals surface area contributed by atoms with Gasteiger partial charge in [-0.3, -0.25) is 19.7 Å². The molecule has 4 bridgehead atoms. The quantitative estimate of drug-likeness (QED) is 0.439. The lowest BCUT2D eigenvalue weighted by Crippen LogP contribution is -2.56. The van der Waals surface area contributed by atoms with Gasteiger partial charge < -0.3 is 10.1 Å². The number of hydrogen-bond donors (Lipinski definition) is 1. The van der Waals surface area contributed by atoms with Crippen molar-refractivity contribution in [3.63, 3.8) is 0 Å². The topological polar surface area (TPSA) is 98.5 Å². The molecule has 4 fully saturated rings. The molecule has 0 aliphatic heterocycles. The molecule has 7 heteroatoms. The first-order chi connectivity index (χ1) is 13.4. The van der Waals surface area contributed by atoms with Crippen LogP contribution in [0.25, 0.3) is 0 Å². The number of non-ortho nitro benzene ring substituents is 1. The molecule has 1 aromatic carbocycles. The van der Waals surface area contributed by atoms with Gasteiger partial charge in [-0.25, -0.2) is 0 Å². The fourth-order valence-electron chi connectivity index (χ4n) is 6.16. The fraction of sp³-hybridized carbons (Fsp3) is 0.619. The first kappa shape index (κ1) is 18.9. The Morgan fingerprint density at radius 3 is 2.43 bits per heavy atom. The third-order valence-electron chi connectivity index (χ3n) is 7.07. The molecule has 0 heterocycles. The summed E-state index contributed by atoms with van der Waals surface area (Å²) < 4.78 is 5.48. The molecule has 150 valence electrons.